The Hall–Kier alpha value is -1.10. The Labute approximate surface area is 117 Å². The van der Waals surface area contributed by atoms with E-state index in [-0.39, 0.29) is 19.1 Å². The lowest BCUT2D eigenvalue weighted by Gasteiger charge is -2.23. The van der Waals surface area contributed by atoms with E-state index in [9.17, 15) is 9.90 Å². The molecule has 4 nitrogen and oxygen atoms in total. The van der Waals surface area contributed by atoms with Crippen molar-refractivity contribution in [3.05, 3.63) is 34.9 Å². The lowest BCUT2D eigenvalue weighted by molar-refractivity contribution is -0.125. The monoisotopic (exact) mass is 283 g/mol. The molecule has 1 saturated carbocycles. The van der Waals surface area contributed by atoms with Crippen molar-refractivity contribution in [2.24, 2.45) is 0 Å². The molecule has 3 N–H and O–H groups in total. The van der Waals surface area contributed by atoms with E-state index in [2.05, 4.69) is 5.32 Å². The minimum Gasteiger partial charge on any atom is -0.393 e. The summed E-state index contributed by atoms with van der Waals surface area (Å²) in [6.07, 6.45) is 1.59. The molecule has 0 spiro atoms. The number of rotatable bonds is 5. The van der Waals surface area contributed by atoms with Gasteiger partial charge in [-0.15, -0.1) is 0 Å². The Bertz CT molecular complexity index is 466. The van der Waals surface area contributed by atoms with Crippen molar-refractivity contribution in [3.63, 3.8) is 0 Å². The van der Waals surface area contributed by atoms with Crippen LogP contribution >= 0.6 is 11.6 Å². The predicted molar refractivity (Wildman–Crippen MR) is 73.1 cm³/mol. The minimum atomic E-state index is -1.29. The van der Waals surface area contributed by atoms with Gasteiger partial charge in [0, 0.05) is 11.6 Å². The van der Waals surface area contributed by atoms with Gasteiger partial charge in [0.1, 0.15) is 5.60 Å². The van der Waals surface area contributed by atoms with Crippen LogP contribution in [0.25, 0.3) is 0 Å². The first kappa shape index (κ1) is 14.3. The number of aliphatic hydroxyl groups is 2. The molecule has 104 valence electrons. The average molecular weight is 284 g/mol. The van der Waals surface area contributed by atoms with E-state index in [4.69, 9.17) is 16.7 Å². The van der Waals surface area contributed by atoms with Crippen LogP contribution in [0, 0.1) is 0 Å². The number of halogens is 1. The molecule has 1 unspecified atom stereocenters. The summed E-state index contributed by atoms with van der Waals surface area (Å²) in [4.78, 5) is 12.2. The molecule has 1 aliphatic rings. The molecule has 1 aliphatic carbocycles. The van der Waals surface area contributed by atoms with Gasteiger partial charge in [-0.05, 0) is 37.5 Å². The maximum Gasteiger partial charge on any atom is 0.230 e. The summed E-state index contributed by atoms with van der Waals surface area (Å²) in [5, 5.41) is 22.0. The molecule has 0 bridgehead atoms. The highest BCUT2D eigenvalue weighted by Crippen LogP contribution is 2.48. The molecule has 1 aromatic carbocycles. The van der Waals surface area contributed by atoms with E-state index in [1.54, 1.807) is 12.1 Å². The molecule has 0 aromatic heterocycles. The fraction of sp³-hybridized carbons (Fsp3) is 0.500. The van der Waals surface area contributed by atoms with Crippen LogP contribution in [0.4, 0.5) is 0 Å². The van der Waals surface area contributed by atoms with Crippen LogP contribution in [0.5, 0.6) is 0 Å². The first-order valence-corrected chi connectivity index (χ1v) is 6.65. The Morgan fingerprint density at radius 3 is 2.47 bits per heavy atom. The maximum atomic E-state index is 12.2. The quantitative estimate of drug-likeness (QED) is 0.761. The summed E-state index contributed by atoms with van der Waals surface area (Å²) in [7, 11) is 0. The van der Waals surface area contributed by atoms with Gasteiger partial charge in [0.2, 0.25) is 5.91 Å². The number of nitrogens with one attached hydrogen (secondary N) is 1. The van der Waals surface area contributed by atoms with E-state index < -0.39 is 11.0 Å². The van der Waals surface area contributed by atoms with Gasteiger partial charge in [0.25, 0.3) is 0 Å². The van der Waals surface area contributed by atoms with Crippen LogP contribution < -0.4 is 5.32 Å². The van der Waals surface area contributed by atoms with E-state index in [0.29, 0.717) is 5.02 Å². The van der Waals surface area contributed by atoms with Gasteiger partial charge in [0.15, 0.2) is 0 Å². The first-order valence-electron chi connectivity index (χ1n) is 6.27. The standard InChI is InChI=1S/C14H18ClNO3/c1-13(19,9-17)8-16-12(18)14(6-7-14)10-2-4-11(15)5-3-10/h2-5,17,19H,6-9H2,1H3,(H,16,18). The number of aliphatic hydroxyl groups excluding tert-OH is 1. The highest BCUT2D eigenvalue weighted by molar-refractivity contribution is 6.30. The second kappa shape index (κ2) is 5.12. The van der Waals surface area contributed by atoms with Gasteiger partial charge in [0.05, 0.1) is 12.0 Å². The highest BCUT2D eigenvalue weighted by Gasteiger charge is 2.51. The predicted octanol–water partition coefficient (Wildman–Crippen LogP) is 1.23. The van der Waals surface area contributed by atoms with Crippen molar-refractivity contribution in [3.8, 4) is 0 Å². The van der Waals surface area contributed by atoms with Gasteiger partial charge >= 0.3 is 0 Å². The van der Waals surface area contributed by atoms with E-state index in [1.807, 2.05) is 12.1 Å². The van der Waals surface area contributed by atoms with Crippen molar-refractivity contribution in [2.75, 3.05) is 13.2 Å². The normalized spacial score (nSPS) is 19.6. The van der Waals surface area contributed by atoms with Crippen LogP contribution in [0.15, 0.2) is 24.3 Å². The van der Waals surface area contributed by atoms with Crippen molar-refractivity contribution in [2.45, 2.75) is 30.8 Å². The van der Waals surface area contributed by atoms with Gasteiger partial charge in [-0.2, -0.15) is 0 Å². The lowest BCUT2D eigenvalue weighted by Crippen LogP contribution is -2.46. The zero-order chi connectivity index (χ0) is 14.1. The molecule has 0 aliphatic heterocycles. The van der Waals surface area contributed by atoms with Crippen molar-refractivity contribution < 1.29 is 15.0 Å². The largest absolute Gasteiger partial charge is 0.393 e. The number of hydrogen-bond acceptors (Lipinski definition) is 3. The molecular weight excluding hydrogens is 266 g/mol. The number of carbonyl (C=O) groups excluding carboxylic acids is 1. The zero-order valence-corrected chi connectivity index (χ0v) is 11.6. The van der Waals surface area contributed by atoms with Gasteiger partial charge < -0.3 is 15.5 Å². The summed E-state index contributed by atoms with van der Waals surface area (Å²) in [5.74, 6) is -0.108. The Balaban J connectivity index is 2.04. The first-order chi connectivity index (χ1) is 8.89. The molecule has 1 atom stereocenters. The SMILES string of the molecule is CC(O)(CO)CNC(=O)C1(c2ccc(Cl)cc2)CC1. The van der Waals surface area contributed by atoms with Crippen LogP contribution in [-0.2, 0) is 10.2 Å². The number of hydrogen-bond donors (Lipinski definition) is 3. The van der Waals surface area contributed by atoms with Crippen LogP contribution in [0.1, 0.15) is 25.3 Å². The van der Waals surface area contributed by atoms with Crippen molar-refractivity contribution in [1.82, 2.24) is 5.32 Å². The smallest absolute Gasteiger partial charge is 0.230 e. The molecule has 0 saturated heterocycles. The second-order valence-corrected chi connectivity index (χ2v) is 5.86. The summed E-state index contributed by atoms with van der Waals surface area (Å²) in [6, 6.07) is 7.26. The molecule has 1 fully saturated rings. The second-order valence-electron chi connectivity index (χ2n) is 5.43. The summed E-state index contributed by atoms with van der Waals surface area (Å²) in [5.41, 5.74) is -0.833. The summed E-state index contributed by atoms with van der Waals surface area (Å²) in [6.45, 7) is 1.13. The Kier molecular flexibility index (Phi) is 3.85. The van der Waals surface area contributed by atoms with E-state index >= 15 is 0 Å². The maximum absolute atomic E-state index is 12.2. The van der Waals surface area contributed by atoms with Gasteiger partial charge in [-0.1, -0.05) is 23.7 Å². The van der Waals surface area contributed by atoms with Crippen LogP contribution in [-0.4, -0.2) is 34.9 Å². The third kappa shape index (κ3) is 3.08. The Morgan fingerprint density at radius 1 is 1.42 bits per heavy atom. The molecule has 2 rings (SSSR count). The Morgan fingerprint density at radius 2 is 2.00 bits per heavy atom. The van der Waals surface area contributed by atoms with Crippen molar-refractivity contribution in [1.29, 1.82) is 0 Å². The molecule has 0 radical (unpaired) electrons. The lowest BCUT2D eigenvalue weighted by atomic mass is 9.94. The molecule has 5 heteroatoms. The third-order valence-electron chi connectivity index (χ3n) is 3.55. The van der Waals surface area contributed by atoms with Crippen molar-refractivity contribution >= 4 is 17.5 Å². The highest BCUT2D eigenvalue weighted by atomic mass is 35.5. The fourth-order valence-corrected chi connectivity index (χ4v) is 2.16. The summed E-state index contributed by atoms with van der Waals surface area (Å²) >= 11 is 5.84. The number of carbonyl (C=O) groups is 1. The van der Waals surface area contributed by atoms with Gasteiger partial charge in [-0.25, -0.2) is 0 Å². The zero-order valence-electron chi connectivity index (χ0n) is 10.8. The molecule has 19 heavy (non-hydrogen) atoms. The topological polar surface area (TPSA) is 69.6 Å². The third-order valence-corrected chi connectivity index (χ3v) is 3.80. The number of benzene rings is 1. The number of amides is 1. The van der Waals surface area contributed by atoms with Crippen LogP contribution in [0.3, 0.4) is 0 Å². The fourth-order valence-electron chi connectivity index (χ4n) is 2.04. The van der Waals surface area contributed by atoms with E-state index in [1.165, 1.54) is 6.92 Å². The summed E-state index contributed by atoms with van der Waals surface area (Å²) < 4.78 is 0. The molecule has 1 aromatic rings. The van der Waals surface area contributed by atoms with Gasteiger partial charge in [-0.3, -0.25) is 4.79 Å². The molecule has 1 amide bonds. The molecule has 0 heterocycles. The minimum absolute atomic E-state index is 0.0394. The molecular formula is C14H18ClNO3. The van der Waals surface area contributed by atoms with Crippen LogP contribution in [0.2, 0.25) is 5.02 Å². The van der Waals surface area contributed by atoms with E-state index in [0.717, 1.165) is 18.4 Å². The average Bonchev–Trinajstić information content (AvgIpc) is 3.18.